The molecule has 0 radical (unpaired) electrons. The molecule has 0 aromatic heterocycles. The van der Waals surface area contributed by atoms with Crippen molar-refractivity contribution in [1.82, 2.24) is 0 Å². The molecule has 1 nitrogen and oxygen atoms in total. The second-order valence-corrected chi connectivity index (χ2v) is 4.41. The zero-order valence-electron chi connectivity index (χ0n) is 7.57. The SMILES string of the molecule is CCC1(C)CC(C)(N)C1C. The fourth-order valence-corrected chi connectivity index (χ4v) is 2.27. The zero-order chi connectivity index (χ0) is 7.99. The van der Waals surface area contributed by atoms with Crippen molar-refractivity contribution in [2.45, 2.75) is 46.1 Å². The van der Waals surface area contributed by atoms with E-state index in [1.807, 2.05) is 0 Å². The van der Waals surface area contributed by atoms with E-state index in [4.69, 9.17) is 5.73 Å². The van der Waals surface area contributed by atoms with Crippen molar-refractivity contribution in [3.05, 3.63) is 0 Å². The van der Waals surface area contributed by atoms with Crippen LogP contribution < -0.4 is 5.73 Å². The molecule has 1 aliphatic rings. The average molecular weight is 141 g/mol. The maximum atomic E-state index is 6.02. The van der Waals surface area contributed by atoms with Crippen LogP contribution >= 0.6 is 0 Å². The first kappa shape index (κ1) is 8.06. The zero-order valence-corrected chi connectivity index (χ0v) is 7.57. The molecular weight excluding hydrogens is 122 g/mol. The molecule has 1 fully saturated rings. The van der Waals surface area contributed by atoms with Gasteiger partial charge in [0.2, 0.25) is 0 Å². The highest BCUT2D eigenvalue weighted by Crippen LogP contribution is 2.53. The van der Waals surface area contributed by atoms with Gasteiger partial charge >= 0.3 is 0 Å². The van der Waals surface area contributed by atoms with E-state index in [1.165, 1.54) is 12.8 Å². The Kier molecular flexibility index (Phi) is 1.59. The summed E-state index contributed by atoms with van der Waals surface area (Å²) in [6, 6.07) is 0. The summed E-state index contributed by atoms with van der Waals surface area (Å²) >= 11 is 0. The summed E-state index contributed by atoms with van der Waals surface area (Å²) in [7, 11) is 0. The molecule has 2 N–H and O–H groups in total. The molecule has 0 bridgehead atoms. The van der Waals surface area contributed by atoms with Gasteiger partial charge in [0, 0.05) is 5.54 Å². The summed E-state index contributed by atoms with van der Waals surface area (Å²) in [5, 5.41) is 0. The van der Waals surface area contributed by atoms with E-state index in [9.17, 15) is 0 Å². The maximum Gasteiger partial charge on any atom is 0.0162 e. The molecule has 1 rings (SSSR count). The molecule has 3 atom stereocenters. The van der Waals surface area contributed by atoms with Crippen LogP contribution in [0.5, 0.6) is 0 Å². The van der Waals surface area contributed by atoms with Crippen LogP contribution in [0.15, 0.2) is 0 Å². The quantitative estimate of drug-likeness (QED) is 0.595. The number of rotatable bonds is 1. The van der Waals surface area contributed by atoms with E-state index < -0.39 is 0 Å². The van der Waals surface area contributed by atoms with Crippen LogP contribution in [-0.2, 0) is 0 Å². The first-order chi connectivity index (χ1) is 4.42. The first-order valence-corrected chi connectivity index (χ1v) is 4.21. The predicted molar refractivity (Wildman–Crippen MR) is 44.8 cm³/mol. The molecule has 0 amide bonds. The number of nitrogens with two attached hydrogens (primary N) is 1. The van der Waals surface area contributed by atoms with Gasteiger partial charge in [-0.3, -0.25) is 0 Å². The third kappa shape index (κ3) is 0.878. The molecule has 0 aromatic rings. The maximum absolute atomic E-state index is 6.02. The van der Waals surface area contributed by atoms with Crippen LogP contribution in [0.4, 0.5) is 0 Å². The van der Waals surface area contributed by atoms with E-state index in [1.54, 1.807) is 0 Å². The van der Waals surface area contributed by atoms with Crippen LogP contribution in [0.3, 0.4) is 0 Å². The van der Waals surface area contributed by atoms with Gasteiger partial charge in [-0.2, -0.15) is 0 Å². The highest BCUT2D eigenvalue weighted by molar-refractivity contribution is 5.07. The summed E-state index contributed by atoms with van der Waals surface area (Å²) in [4.78, 5) is 0. The summed E-state index contributed by atoms with van der Waals surface area (Å²) in [5.74, 6) is 0.685. The van der Waals surface area contributed by atoms with Gasteiger partial charge in [-0.1, -0.05) is 27.2 Å². The molecule has 0 spiro atoms. The topological polar surface area (TPSA) is 26.0 Å². The molecule has 0 saturated heterocycles. The Morgan fingerprint density at radius 1 is 1.50 bits per heavy atom. The Morgan fingerprint density at radius 3 is 2.10 bits per heavy atom. The van der Waals surface area contributed by atoms with E-state index in [2.05, 4.69) is 27.7 Å². The standard InChI is InChI=1S/C9H19N/c1-5-8(3)6-9(4,10)7(8)2/h7H,5-6,10H2,1-4H3. The predicted octanol–water partition coefficient (Wildman–Crippen LogP) is 2.16. The van der Waals surface area contributed by atoms with Gasteiger partial charge in [0.05, 0.1) is 0 Å². The molecule has 1 heteroatoms. The van der Waals surface area contributed by atoms with Crippen molar-refractivity contribution < 1.29 is 0 Å². The van der Waals surface area contributed by atoms with Crippen molar-refractivity contribution in [3.63, 3.8) is 0 Å². The fraction of sp³-hybridized carbons (Fsp3) is 1.00. The van der Waals surface area contributed by atoms with Crippen molar-refractivity contribution >= 4 is 0 Å². The third-order valence-electron chi connectivity index (χ3n) is 3.63. The summed E-state index contributed by atoms with van der Waals surface area (Å²) in [6.45, 7) is 9.03. The van der Waals surface area contributed by atoms with E-state index >= 15 is 0 Å². The molecule has 0 aliphatic heterocycles. The van der Waals surface area contributed by atoms with Gasteiger partial charge in [0.25, 0.3) is 0 Å². The van der Waals surface area contributed by atoms with E-state index in [0.29, 0.717) is 11.3 Å². The minimum Gasteiger partial charge on any atom is -0.325 e. The highest BCUT2D eigenvalue weighted by Gasteiger charge is 2.52. The minimum absolute atomic E-state index is 0.116. The monoisotopic (exact) mass is 141 g/mol. The number of hydrogen-bond acceptors (Lipinski definition) is 1. The van der Waals surface area contributed by atoms with Gasteiger partial charge in [0.1, 0.15) is 0 Å². The van der Waals surface area contributed by atoms with Gasteiger partial charge in [0.15, 0.2) is 0 Å². The molecule has 1 aliphatic carbocycles. The second-order valence-electron chi connectivity index (χ2n) is 4.41. The van der Waals surface area contributed by atoms with Gasteiger partial charge in [-0.05, 0) is 24.7 Å². The molecule has 3 unspecified atom stereocenters. The molecule has 60 valence electrons. The first-order valence-electron chi connectivity index (χ1n) is 4.21. The van der Waals surface area contributed by atoms with Crippen LogP contribution in [0, 0.1) is 11.3 Å². The normalized spacial score (nSPS) is 54.3. The lowest BCUT2D eigenvalue weighted by Crippen LogP contribution is -2.62. The van der Waals surface area contributed by atoms with E-state index in [0.717, 1.165) is 0 Å². The lowest BCUT2D eigenvalue weighted by molar-refractivity contribution is -0.0313. The van der Waals surface area contributed by atoms with Crippen molar-refractivity contribution in [2.75, 3.05) is 0 Å². The molecule has 1 saturated carbocycles. The molecule has 0 heterocycles. The van der Waals surface area contributed by atoms with Gasteiger partial charge in [-0.15, -0.1) is 0 Å². The Balaban J connectivity index is 2.61. The summed E-state index contributed by atoms with van der Waals surface area (Å²) in [5.41, 5.74) is 6.66. The second kappa shape index (κ2) is 1.97. The Labute approximate surface area is 64.0 Å². The Morgan fingerprint density at radius 2 is 2.00 bits per heavy atom. The van der Waals surface area contributed by atoms with Crippen molar-refractivity contribution in [3.8, 4) is 0 Å². The lowest BCUT2D eigenvalue weighted by atomic mass is 9.51. The molecule has 0 aromatic carbocycles. The van der Waals surface area contributed by atoms with Crippen LogP contribution in [0.2, 0.25) is 0 Å². The Hall–Kier alpha value is -0.0400. The van der Waals surface area contributed by atoms with Gasteiger partial charge < -0.3 is 5.73 Å². The summed E-state index contributed by atoms with van der Waals surface area (Å²) in [6.07, 6.45) is 2.46. The largest absolute Gasteiger partial charge is 0.325 e. The summed E-state index contributed by atoms with van der Waals surface area (Å²) < 4.78 is 0. The van der Waals surface area contributed by atoms with Gasteiger partial charge in [-0.25, -0.2) is 0 Å². The average Bonchev–Trinajstić information content (AvgIpc) is 1.86. The highest BCUT2D eigenvalue weighted by atomic mass is 14.8. The van der Waals surface area contributed by atoms with Crippen LogP contribution in [0.1, 0.15) is 40.5 Å². The molecular formula is C9H19N. The third-order valence-corrected chi connectivity index (χ3v) is 3.63. The Bertz CT molecular complexity index is 140. The van der Waals surface area contributed by atoms with Crippen molar-refractivity contribution in [1.29, 1.82) is 0 Å². The molecule has 10 heavy (non-hydrogen) atoms. The van der Waals surface area contributed by atoms with E-state index in [-0.39, 0.29) is 5.54 Å². The number of hydrogen-bond donors (Lipinski definition) is 1. The van der Waals surface area contributed by atoms with Crippen LogP contribution in [-0.4, -0.2) is 5.54 Å². The van der Waals surface area contributed by atoms with Crippen molar-refractivity contribution in [2.24, 2.45) is 17.1 Å². The van der Waals surface area contributed by atoms with Crippen LogP contribution in [0.25, 0.3) is 0 Å². The fourth-order valence-electron chi connectivity index (χ4n) is 2.27. The smallest absolute Gasteiger partial charge is 0.0162 e. The lowest BCUT2D eigenvalue weighted by Gasteiger charge is -2.57. The minimum atomic E-state index is 0.116.